The Morgan fingerprint density at radius 1 is 1.09 bits per heavy atom. The standard InChI is InChI=1S/C26H33ClN2O2S/c1-19-8-6-9-21(14-19)16-29(20(2)26(31)28-24-12-4-3-5-13-24)25(30)18-32-17-22-10-7-11-23(27)15-22/h6-11,14-15,20,24H,3-5,12-13,16-18H2,1-2H3,(H,28,31). The second-order valence-corrected chi connectivity index (χ2v) is 10.1. The zero-order chi connectivity index (χ0) is 22.9. The van der Waals surface area contributed by atoms with E-state index in [0.29, 0.717) is 23.1 Å². The van der Waals surface area contributed by atoms with Crippen LogP contribution in [-0.2, 0) is 21.9 Å². The maximum absolute atomic E-state index is 13.2. The molecular formula is C26H33ClN2O2S. The van der Waals surface area contributed by atoms with Crippen LogP contribution in [0.15, 0.2) is 48.5 Å². The average Bonchev–Trinajstić information content (AvgIpc) is 2.77. The van der Waals surface area contributed by atoms with Crippen molar-refractivity contribution < 1.29 is 9.59 Å². The van der Waals surface area contributed by atoms with Crippen molar-refractivity contribution >= 4 is 35.2 Å². The highest BCUT2D eigenvalue weighted by Gasteiger charge is 2.28. The van der Waals surface area contributed by atoms with E-state index in [2.05, 4.69) is 11.4 Å². The van der Waals surface area contributed by atoms with Crippen molar-refractivity contribution in [1.29, 1.82) is 0 Å². The highest BCUT2D eigenvalue weighted by molar-refractivity contribution is 7.99. The molecule has 0 aliphatic heterocycles. The summed E-state index contributed by atoms with van der Waals surface area (Å²) in [5, 5.41) is 3.88. The zero-order valence-corrected chi connectivity index (χ0v) is 20.6. The molecule has 32 heavy (non-hydrogen) atoms. The molecular weight excluding hydrogens is 440 g/mol. The third-order valence-corrected chi connectivity index (χ3v) is 7.16. The van der Waals surface area contributed by atoms with Crippen LogP contribution in [0.25, 0.3) is 0 Å². The minimum atomic E-state index is -0.517. The molecule has 0 saturated heterocycles. The van der Waals surface area contributed by atoms with Crippen molar-refractivity contribution in [2.24, 2.45) is 0 Å². The molecule has 0 heterocycles. The van der Waals surface area contributed by atoms with E-state index in [1.165, 1.54) is 6.42 Å². The van der Waals surface area contributed by atoms with Crippen LogP contribution < -0.4 is 5.32 Å². The Labute approximate surface area is 201 Å². The lowest BCUT2D eigenvalue weighted by Gasteiger charge is -2.31. The number of thioether (sulfide) groups is 1. The predicted octanol–water partition coefficient (Wildman–Crippen LogP) is 5.75. The molecule has 3 rings (SSSR count). The largest absolute Gasteiger partial charge is 0.352 e. The van der Waals surface area contributed by atoms with Gasteiger partial charge in [-0.05, 0) is 49.9 Å². The van der Waals surface area contributed by atoms with Crippen molar-refractivity contribution in [2.75, 3.05) is 5.75 Å². The highest BCUT2D eigenvalue weighted by atomic mass is 35.5. The van der Waals surface area contributed by atoms with Crippen LogP contribution in [0.5, 0.6) is 0 Å². The molecule has 0 aromatic heterocycles. The molecule has 1 atom stereocenters. The van der Waals surface area contributed by atoms with Crippen molar-refractivity contribution in [3.8, 4) is 0 Å². The number of carbonyl (C=O) groups excluding carboxylic acids is 2. The lowest BCUT2D eigenvalue weighted by Crippen LogP contribution is -2.50. The Bertz CT molecular complexity index is 914. The molecule has 0 bridgehead atoms. The van der Waals surface area contributed by atoms with Gasteiger partial charge in [-0.1, -0.05) is 72.8 Å². The third kappa shape index (κ3) is 7.56. The monoisotopic (exact) mass is 472 g/mol. The van der Waals surface area contributed by atoms with E-state index in [1.807, 2.05) is 56.3 Å². The van der Waals surface area contributed by atoms with Gasteiger partial charge < -0.3 is 10.2 Å². The summed E-state index contributed by atoms with van der Waals surface area (Å²) in [5.74, 6) is 0.939. The molecule has 2 amide bonds. The first-order chi connectivity index (χ1) is 15.4. The second-order valence-electron chi connectivity index (χ2n) is 8.65. The van der Waals surface area contributed by atoms with Crippen LogP contribution in [0.1, 0.15) is 55.7 Å². The quantitative estimate of drug-likeness (QED) is 0.505. The number of hydrogen-bond donors (Lipinski definition) is 1. The molecule has 172 valence electrons. The molecule has 1 saturated carbocycles. The van der Waals surface area contributed by atoms with Crippen LogP contribution in [0, 0.1) is 6.92 Å². The van der Waals surface area contributed by atoms with Crippen molar-refractivity contribution in [2.45, 2.75) is 70.3 Å². The van der Waals surface area contributed by atoms with Gasteiger partial charge >= 0.3 is 0 Å². The van der Waals surface area contributed by atoms with Gasteiger partial charge in [0.25, 0.3) is 0 Å². The lowest BCUT2D eigenvalue weighted by atomic mass is 9.95. The zero-order valence-electron chi connectivity index (χ0n) is 19.0. The van der Waals surface area contributed by atoms with Gasteiger partial charge in [0.1, 0.15) is 6.04 Å². The Morgan fingerprint density at radius 3 is 2.53 bits per heavy atom. The minimum Gasteiger partial charge on any atom is -0.352 e. The number of hydrogen-bond acceptors (Lipinski definition) is 3. The maximum atomic E-state index is 13.2. The first-order valence-electron chi connectivity index (χ1n) is 11.4. The Balaban J connectivity index is 1.65. The normalized spacial score (nSPS) is 15.2. The molecule has 1 unspecified atom stereocenters. The average molecular weight is 473 g/mol. The SMILES string of the molecule is Cc1cccc(CN(C(=O)CSCc2cccc(Cl)c2)C(C)C(=O)NC2CCCCC2)c1. The van der Waals surface area contributed by atoms with Crippen molar-refractivity contribution in [1.82, 2.24) is 10.2 Å². The van der Waals surface area contributed by atoms with E-state index in [-0.39, 0.29) is 17.9 Å². The van der Waals surface area contributed by atoms with Gasteiger partial charge in [0.05, 0.1) is 5.75 Å². The number of benzene rings is 2. The third-order valence-electron chi connectivity index (χ3n) is 5.94. The van der Waals surface area contributed by atoms with E-state index in [1.54, 1.807) is 16.7 Å². The molecule has 4 nitrogen and oxygen atoms in total. The van der Waals surface area contributed by atoms with Crippen molar-refractivity contribution in [3.05, 3.63) is 70.2 Å². The van der Waals surface area contributed by atoms with Gasteiger partial charge in [-0.25, -0.2) is 0 Å². The molecule has 0 spiro atoms. The van der Waals surface area contributed by atoms with Gasteiger partial charge in [0.2, 0.25) is 11.8 Å². The van der Waals surface area contributed by atoms with Gasteiger partial charge in [-0.3, -0.25) is 9.59 Å². The Hall–Kier alpha value is -1.98. The summed E-state index contributed by atoms with van der Waals surface area (Å²) in [6.45, 7) is 4.31. The topological polar surface area (TPSA) is 49.4 Å². The van der Waals surface area contributed by atoms with E-state index in [9.17, 15) is 9.59 Å². The lowest BCUT2D eigenvalue weighted by molar-refractivity contribution is -0.139. The smallest absolute Gasteiger partial charge is 0.242 e. The minimum absolute atomic E-state index is 0.0233. The van der Waals surface area contributed by atoms with E-state index in [0.717, 1.165) is 42.4 Å². The van der Waals surface area contributed by atoms with E-state index < -0.39 is 6.04 Å². The van der Waals surface area contributed by atoms with Crippen LogP contribution in [0.4, 0.5) is 0 Å². The summed E-state index contributed by atoms with van der Waals surface area (Å²) in [7, 11) is 0. The summed E-state index contributed by atoms with van der Waals surface area (Å²) in [6, 6.07) is 15.5. The van der Waals surface area contributed by atoms with Crippen LogP contribution in [0.2, 0.25) is 5.02 Å². The Kier molecular flexibility index (Phi) is 9.49. The maximum Gasteiger partial charge on any atom is 0.242 e. The second kappa shape index (κ2) is 12.3. The van der Waals surface area contributed by atoms with Crippen LogP contribution in [0.3, 0.4) is 0 Å². The predicted molar refractivity (Wildman–Crippen MR) is 134 cm³/mol. The van der Waals surface area contributed by atoms with Gasteiger partial charge in [0.15, 0.2) is 0 Å². The number of amides is 2. The van der Waals surface area contributed by atoms with Gasteiger partial charge in [-0.2, -0.15) is 0 Å². The fourth-order valence-electron chi connectivity index (χ4n) is 4.12. The fraction of sp³-hybridized carbons (Fsp3) is 0.462. The summed E-state index contributed by atoms with van der Waals surface area (Å²) < 4.78 is 0. The van der Waals surface area contributed by atoms with Crippen molar-refractivity contribution in [3.63, 3.8) is 0 Å². The number of aryl methyl sites for hydroxylation is 1. The first-order valence-corrected chi connectivity index (χ1v) is 12.9. The molecule has 1 aliphatic rings. The fourth-order valence-corrected chi connectivity index (χ4v) is 5.20. The molecule has 1 fully saturated rings. The highest BCUT2D eigenvalue weighted by Crippen LogP contribution is 2.20. The number of carbonyl (C=O) groups is 2. The van der Waals surface area contributed by atoms with Crippen LogP contribution in [-0.4, -0.2) is 34.6 Å². The van der Waals surface area contributed by atoms with E-state index in [4.69, 9.17) is 11.6 Å². The van der Waals surface area contributed by atoms with E-state index >= 15 is 0 Å². The summed E-state index contributed by atoms with van der Waals surface area (Å²) in [4.78, 5) is 28.0. The number of nitrogens with zero attached hydrogens (tertiary/aromatic N) is 1. The van der Waals surface area contributed by atoms with Crippen LogP contribution >= 0.6 is 23.4 Å². The van der Waals surface area contributed by atoms with Gasteiger partial charge in [0, 0.05) is 23.4 Å². The summed E-state index contributed by atoms with van der Waals surface area (Å²) in [5.41, 5.74) is 3.27. The molecule has 1 N–H and O–H groups in total. The summed E-state index contributed by atoms with van der Waals surface area (Å²) >= 11 is 7.62. The number of nitrogens with one attached hydrogen (secondary N) is 1. The number of halogens is 1. The molecule has 6 heteroatoms. The molecule has 1 aliphatic carbocycles. The molecule has 2 aromatic carbocycles. The summed E-state index contributed by atoms with van der Waals surface area (Å²) in [6.07, 6.45) is 5.61. The number of rotatable bonds is 9. The first kappa shape index (κ1) is 24.7. The molecule has 0 radical (unpaired) electrons. The van der Waals surface area contributed by atoms with Gasteiger partial charge in [-0.15, -0.1) is 11.8 Å². The molecule has 2 aromatic rings. The Morgan fingerprint density at radius 2 is 1.81 bits per heavy atom.